The van der Waals surface area contributed by atoms with Crippen molar-refractivity contribution in [2.45, 2.75) is 17.1 Å². The Morgan fingerprint density at radius 2 is 1.35 bits per heavy atom. The van der Waals surface area contributed by atoms with Crippen molar-refractivity contribution in [3.8, 4) is 16.9 Å². The molecule has 4 aromatic carbocycles. The Kier molecular flexibility index (Phi) is 9.56. The zero-order valence-corrected chi connectivity index (χ0v) is 26.2. The largest absolute Gasteiger partial charge is 0.495 e. The molecule has 0 radical (unpaired) electrons. The molecule has 0 aliphatic heterocycles. The molecule has 0 aromatic heterocycles. The Labute approximate surface area is 254 Å². The smallest absolute Gasteiger partial charge is 0.253 e. The van der Waals surface area contributed by atoms with E-state index in [1.807, 2.05) is 49.3 Å². The van der Waals surface area contributed by atoms with Crippen LogP contribution in [0.4, 0.5) is 11.4 Å². The molecule has 9 heteroatoms. The monoisotopic (exact) mass is 599 g/mol. The summed E-state index contributed by atoms with van der Waals surface area (Å²) in [6, 6.07) is 26.8. The van der Waals surface area contributed by atoms with Crippen molar-refractivity contribution in [1.82, 2.24) is 4.90 Å². The molecule has 43 heavy (non-hydrogen) atoms. The molecule has 4 rings (SSSR count). The summed E-state index contributed by atoms with van der Waals surface area (Å²) in [5, 5.41) is 0. The van der Waals surface area contributed by atoms with E-state index in [0.29, 0.717) is 27.9 Å². The summed E-state index contributed by atoms with van der Waals surface area (Å²) in [4.78, 5) is 30.7. The van der Waals surface area contributed by atoms with E-state index in [4.69, 9.17) is 4.74 Å². The Hall–Kier alpha value is -4.63. The third kappa shape index (κ3) is 7.42. The molecular weight excluding hydrogens is 562 g/mol. The van der Waals surface area contributed by atoms with E-state index in [-0.39, 0.29) is 34.6 Å². The third-order valence-corrected chi connectivity index (χ3v) is 8.86. The first-order valence-electron chi connectivity index (χ1n) is 13.7. The number of carbonyl (C=O) groups excluding carboxylic acids is 2. The molecule has 0 aliphatic carbocycles. The number of hydrogen-bond donors (Lipinski definition) is 0. The summed E-state index contributed by atoms with van der Waals surface area (Å²) in [6.07, 6.45) is 0.214. The summed E-state index contributed by atoms with van der Waals surface area (Å²) in [5.74, 6) is -0.311. The standard InChI is InChI=1S/C34H37N3O5S/c1-35(2)29-14-7-10-24(18-29)20-33(38)37(5)30-15-8-11-25(19-30)23-43(40,41)32-22-27(16-17-31(32)42-6)26-12-9-13-28(21-26)34(39)36(3)4/h7-19,21-22H,20,23H2,1-6H3. The number of nitrogens with zero attached hydrogens (tertiary/aromatic N) is 3. The predicted octanol–water partition coefficient (Wildman–Crippen LogP) is 5.31. The summed E-state index contributed by atoms with van der Waals surface area (Å²) in [7, 11) is 6.52. The van der Waals surface area contributed by atoms with Gasteiger partial charge in [-0.3, -0.25) is 9.59 Å². The van der Waals surface area contributed by atoms with Gasteiger partial charge in [0.15, 0.2) is 9.84 Å². The molecule has 0 saturated heterocycles. The quantitative estimate of drug-likeness (QED) is 0.246. The van der Waals surface area contributed by atoms with Gasteiger partial charge in [0.25, 0.3) is 5.91 Å². The number of rotatable bonds is 10. The molecule has 224 valence electrons. The molecule has 8 nitrogen and oxygen atoms in total. The van der Waals surface area contributed by atoms with E-state index in [9.17, 15) is 18.0 Å². The summed E-state index contributed by atoms with van der Waals surface area (Å²) < 4.78 is 32.9. The van der Waals surface area contributed by atoms with Crippen molar-refractivity contribution in [1.29, 1.82) is 0 Å². The number of hydrogen-bond acceptors (Lipinski definition) is 6. The Morgan fingerprint density at radius 3 is 2.02 bits per heavy atom. The van der Waals surface area contributed by atoms with Gasteiger partial charge in [-0.1, -0.05) is 42.5 Å². The maximum atomic E-state index is 13.7. The van der Waals surface area contributed by atoms with Crippen molar-refractivity contribution >= 4 is 33.0 Å². The van der Waals surface area contributed by atoms with Crippen LogP contribution in [-0.4, -0.2) is 67.5 Å². The SMILES string of the molecule is COc1ccc(-c2cccc(C(=O)N(C)C)c2)cc1S(=O)(=O)Cc1cccc(N(C)C(=O)Cc2cccc(N(C)C)c2)c1. The molecular formula is C34H37N3O5S. The molecule has 2 amide bonds. The van der Waals surface area contributed by atoms with Gasteiger partial charge >= 0.3 is 0 Å². The van der Waals surface area contributed by atoms with Gasteiger partial charge in [-0.05, 0) is 70.8 Å². The average Bonchev–Trinajstić information content (AvgIpc) is 3.00. The van der Waals surface area contributed by atoms with Crippen molar-refractivity contribution < 1.29 is 22.7 Å². The second-order valence-corrected chi connectivity index (χ2v) is 12.7. The molecule has 0 fully saturated rings. The summed E-state index contributed by atoms with van der Waals surface area (Å²) in [6.45, 7) is 0. The summed E-state index contributed by atoms with van der Waals surface area (Å²) >= 11 is 0. The number of carbonyl (C=O) groups is 2. The molecule has 0 aliphatic rings. The number of amides is 2. The van der Waals surface area contributed by atoms with E-state index in [1.54, 1.807) is 86.7 Å². The fraction of sp³-hybridized carbons (Fsp3) is 0.235. The van der Waals surface area contributed by atoms with Gasteiger partial charge in [-0.15, -0.1) is 0 Å². The van der Waals surface area contributed by atoms with Crippen LogP contribution < -0.4 is 14.5 Å². The lowest BCUT2D eigenvalue weighted by molar-refractivity contribution is -0.117. The van der Waals surface area contributed by atoms with Crippen LogP contribution >= 0.6 is 0 Å². The van der Waals surface area contributed by atoms with Crippen LogP contribution in [0.25, 0.3) is 11.1 Å². The van der Waals surface area contributed by atoms with Crippen molar-refractivity contribution in [3.05, 3.63) is 108 Å². The van der Waals surface area contributed by atoms with Crippen LogP contribution in [0.1, 0.15) is 21.5 Å². The van der Waals surface area contributed by atoms with E-state index in [2.05, 4.69) is 0 Å². The molecule has 0 spiro atoms. The predicted molar refractivity (Wildman–Crippen MR) is 172 cm³/mol. The zero-order valence-electron chi connectivity index (χ0n) is 25.4. The Balaban J connectivity index is 1.58. The highest BCUT2D eigenvalue weighted by Gasteiger charge is 2.23. The number of anilines is 2. The van der Waals surface area contributed by atoms with Crippen LogP contribution in [0.15, 0.2) is 95.9 Å². The zero-order chi connectivity index (χ0) is 31.3. The number of likely N-dealkylation sites (N-methyl/N-ethyl adjacent to an activating group) is 1. The first kappa shape index (κ1) is 31.3. The lowest BCUT2D eigenvalue weighted by Gasteiger charge is -2.19. The van der Waals surface area contributed by atoms with Crippen LogP contribution in [-0.2, 0) is 26.8 Å². The number of sulfone groups is 1. The van der Waals surface area contributed by atoms with Crippen LogP contribution in [0.3, 0.4) is 0 Å². The maximum Gasteiger partial charge on any atom is 0.253 e. The number of ether oxygens (including phenoxy) is 1. The first-order chi connectivity index (χ1) is 20.4. The molecule has 0 bridgehead atoms. The lowest BCUT2D eigenvalue weighted by atomic mass is 10.0. The molecule has 0 unspecified atom stereocenters. The van der Waals surface area contributed by atoms with Crippen LogP contribution in [0.5, 0.6) is 5.75 Å². The highest BCUT2D eigenvalue weighted by atomic mass is 32.2. The van der Waals surface area contributed by atoms with Crippen molar-refractivity contribution in [3.63, 3.8) is 0 Å². The highest BCUT2D eigenvalue weighted by Crippen LogP contribution is 2.33. The minimum absolute atomic E-state index is 0.0486. The van der Waals surface area contributed by atoms with Gasteiger partial charge in [-0.25, -0.2) is 8.42 Å². The van der Waals surface area contributed by atoms with E-state index in [0.717, 1.165) is 11.3 Å². The van der Waals surface area contributed by atoms with E-state index < -0.39 is 9.84 Å². The van der Waals surface area contributed by atoms with Gasteiger partial charge in [-0.2, -0.15) is 0 Å². The van der Waals surface area contributed by atoms with E-state index >= 15 is 0 Å². The second-order valence-electron chi connectivity index (χ2n) is 10.8. The average molecular weight is 600 g/mol. The second kappa shape index (κ2) is 13.1. The van der Waals surface area contributed by atoms with Crippen molar-refractivity contribution in [2.75, 3.05) is 52.1 Å². The molecule has 0 N–H and O–H groups in total. The normalized spacial score (nSPS) is 11.1. The highest BCUT2D eigenvalue weighted by molar-refractivity contribution is 7.90. The van der Waals surface area contributed by atoms with Gasteiger partial charge in [0.2, 0.25) is 5.91 Å². The molecule has 4 aromatic rings. The fourth-order valence-corrected chi connectivity index (χ4v) is 6.26. The topological polar surface area (TPSA) is 87.2 Å². The Morgan fingerprint density at radius 1 is 0.721 bits per heavy atom. The lowest BCUT2D eigenvalue weighted by Crippen LogP contribution is -2.28. The Bertz CT molecular complexity index is 1750. The summed E-state index contributed by atoms with van der Waals surface area (Å²) in [5.41, 5.74) is 4.90. The maximum absolute atomic E-state index is 13.7. The third-order valence-electron chi connectivity index (χ3n) is 7.16. The van der Waals surface area contributed by atoms with Gasteiger partial charge in [0.1, 0.15) is 10.6 Å². The van der Waals surface area contributed by atoms with Crippen LogP contribution in [0, 0.1) is 0 Å². The first-order valence-corrected chi connectivity index (χ1v) is 15.4. The molecule has 0 saturated carbocycles. The van der Waals surface area contributed by atoms with Gasteiger partial charge in [0.05, 0.1) is 19.3 Å². The van der Waals surface area contributed by atoms with E-state index in [1.165, 1.54) is 12.0 Å². The number of methoxy groups -OCH3 is 1. The van der Waals surface area contributed by atoms with Crippen LogP contribution in [0.2, 0.25) is 0 Å². The minimum atomic E-state index is -3.86. The fourth-order valence-electron chi connectivity index (χ4n) is 4.72. The molecule has 0 atom stereocenters. The number of benzene rings is 4. The van der Waals surface area contributed by atoms with Gasteiger partial charge < -0.3 is 19.4 Å². The van der Waals surface area contributed by atoms with Gasteiger partial charge in [0, 0.05) is 52.2 Å². The minimum Gasteiger partial charge on any atom is -0.495 e. The van der Waals surface area contributed by atoms with Crippen molar-refractivity contribution in [2.24, 2.45) is 0 Å². The molecule has 0 heterocycles.